The number of nitrogens with zero attached hydrogens (tertiary/aromatic N) is 4. The van der Waals surface area contributed by atoms with Crippen LogP contribution in [0.2, 0.25) is 0 Å². The zero-order valence-corrected chi connectivity index (χ0v) is 16.6. The fourth-order valence-corrected chi connectivity index (χ4v) is 3.01. The van der Waals surface area contributed by atoms with Gasteiger partial charge in [0.15, 0.2) is 0 Å². The van der Waals surface area contributed by atoms with Gasteiger partial charge in [0.1, 0.15) is 11.5 Å². The van der Waals surface area contributed by atoms with Crippen molar-refractivity contribution in [2.24, 2.45) is 0 Å². The van der Waals surface area contributed by atoms with Crippen LogP contribution in [-0.4, -0.2) is 51.4 Å². The number of ether oxygens (including phenoxy) is 1. The molecule has 0 spiro atoms. The summed E-state index contributed by atoms with van der Waals surface area (Å²) in [4.78, 5) is 24.4. The Bertz CT molecular complexity index is 1170. The largest absolute Gasteiger partial charge is 0.383 e. The van der Waals surface area contributed by atoms with Gasteiger partial charge in [0.05, 0.1) is 41.7 Å². The molecule has 0 radical (unpaired) electrons. The Balaban J connectivity index is 1.64. The maximum absolute atomic E-state index is 12.2. The third-order valence-corrected chi connectivity index (χ3v) is 4.48. The first-order valence-corrected chi connectivity index (χ1v) is 9.39. The molecule has 0 saturated heterocycles. The lowest BCUT2D eigenvalue weighted by atomic mass is 10.1. The van der Waals surface area contributed by atoms with Gasteiger partial charge in [-0.15, -0.1) is 0 Å². The molecule has 4 N–H and O–H groups in total. The summed E-state index contributed by atoms with van der Waals surface area (Å²) in [5, 5.41) is 14.2. The van der Waals surface area contributed by atoms with Crippen molar-refractivity contribution >= 4 is 40.1 Å². The molecular weight excluding hydrogens is 384 g/mol. The van der Waals surface area contributed by atoms with E-state index in [9.17, 15) is 4.79 Å². The molecule has 0 aliphatic rings. The summed E-state index contributed by atoms with van der Waals surface area (Å²) < 4.78 is 6.85. The molecule has 0 aliphatic carbocycles. The van der Waals surface area contributed by atoms with E-state index in [1.807, 2.05) is 30.5 Å². The number of para-hydroxylation sites is 1. The number of amides is 1. The highest BCUT2D eigenvalue weighted by molar-refractivity contribution is 6.01. The number of methoxy groups -OCH3 is 1. The van der Waals surface area contributed by atoms with Gasteiger partial charge in [-0.05, 0) is 18.2 Å². The number of benzene rings is 1. The average Bonchev–Trinajstić information content (AvgIpc) is 3.41. The number of rotatable bonds is 8. The van der Waals surface area contributed by atoms with Crippen molar-refractivity contribution in [1.82, 2.24) is 30.0 Å². The average molecular weight is 406 g/mol. The second-order valence-corrected chi connectivity index (χ2v) is 6.50. The molecule has 0 aliphatic heterocycles. The Hall–Kier alpha value is -3.92. The first-order valence-electron chi connectivity index (χ1n) is 9.39. The quantitative estimate of drug-likeness (QED) is 0.355. The summed E-state index contributed by atoms with van der Waals surface area (Å²) in [6, 6.07) is 9.14. The van der Waals surface area contributed by atoms with Crippen molar-refractivity contribution in [3.05, 3.63) is 54.5 Å². The lowest BCUT2D eigenvalue weighted by Crippen LogP contribution is -2.19. The lowest BCUT2D eigenvalue weighted by molar-refractivity contribution is 0.0964. The molecule has 0 atom stereocenters. The normalized spacial score (nSPS) is 10.9. The minimum absolute atomic E-state index is 0.181. The van der Waals surface area contributed by atoms with Crippen LogP contribution in [0, 0.1) is 0 Å². The molecule has 0 unspecified atom stereocenters. The predicted octanol–water partition coefficient (Wildman–Crippen LogP) is 2.65. The van der Waals surface area contributed by atoms with Crippen molar-refractivity contribution in [3.63, 3.8) is 0 Å². The molecule has 10 nitrogen and oxygen atoms in total. The number of hydrogen-bond donors (Lipinski definition) is 4. The Morgan fingerprint density at radius 3 is 2.90 bits per heavy atom. The Morgan fingerprint density at radius 2 is 2.07 bits per heavy atom. The van der Waals surface area contributed by atoms with Gasteiger partial charge in [0.25, 0.3) is 5.91 Å². The fraction of sp³-hybridized carbons (Fsp3) is 0.200. The van der Waals surface area contributed by atoms with Crippen LogP contribution in [0.4, 0.5) is 23.1 Å². The van der Waals surface area contributed by atoms with Crippen LogP contribution >= 0.6 is 0 Å². The molecule has 1 amide bonds. The number of aromatic nitrogens is 5. The Morgan fingerprint density at radius 1 is 1.20 bits per heavy atom. The smallest absolute Gasteiger partial charge is 0.253 e. The first-order chi connectivity index (χ1) is 14.7. The Labute approximate surface area is 172 Å². The number of aromatic amines is 1. The van der Waals surface area contributed by atoms with Crippen LogP contribution < -0.4 is 16.0 Å². The van der Waals surface area contributed by atoms with Crippen molar-refractivity contribution in [2.75, 3.05) is 31.4 Å². The highest BCUT2D eigenvalue weighted by Gasteiger charge is 2.14. The number of H-pyrrole nitrogens is 1. The van der Waals surface area contributed by atoms with E-state index in [2.05, 4.69) is 36.0 Å². The van der Waals surface area contributed by atoms with Crippen molar-refractivity contribution in [1.29, 1.82) is 0 Å². The summed E-state index contributed by atoms with van der Waals surface area (Å²) in [6.07, 6.45) is 5.35. The molecule has 0 saturated carbocycles. The van der Waals surface area contributed by atoms with Crippen molar-refractivity contribution < 1.29 is 9.53 Å². The second-order valence-electron chi connectivity index (χ2n) is 6.50. The maximum atomic E-state index is 12.2. The first kappa shape index (κ1) is 19.4. The predicted molar refractivity (Wildman–Crippen MR) is 114 cm³/mol. The number of nitrogens with one attached hydrogen (secondary N) is 4. The van der Waals surface area contributed by atoms with Crippen LogP contribution in [0.5, 0.6) is 0 Å². The molecule has 0 fully saturated rings. The third-order valence-electron chi connectivity index (χ3n) is 4.48. The minimum Gasteiger partial charge on any atom is -0.383 e. The van der Waals surface area contributed by atoms with E-state index in [-0.39, 0.29) is 5.91 Å². The molecule has 4 aromatic rings. The molecule has 0 bridgehead atoms. The van der Waals surface area contributed by atoms with Crippen molar-refractivity contribution in [3.8, 4) is 0 Å². The topological polar surface area (TPSA) is 122 Å². The van der Waals surface area contributed by atoms with E-state index in [0.717, 1.165) is 11.1 Å². The van der Waals surface area contributed by atoms with E-state index in [1.54, 1.807) is 37.3 Å². The van der Waals surface area contributed by atoms with Gasteiger partial charge >= 0.3 is 0 Å². The van der Waals surface area contributed by atoms with Gasteiger partial charge in [-0.2, -0.15) is 15.1 Å². The van der Waals surface area contributed by atoms with E-state index in [4.69, 9.17) is 4.74 Å². The summed E-state index contributed by atoms with van der Waals surface area (Å²) in [6.45, 7) is 1.22. The highest BCUT2D eigenvalue weighted by atomic mass is 16.5. The van der Waals surface area contributed by atoms with Gasteiger partial charge < -0.3 is 25.7 Å². The highest BCUT2D eigenvalue weighted by Crippen LogP contribution is 2.27. The summed E-state index contributed by atoms with van der Waals surface area (Å²) in [7, 11) is 3.25. The van der Waals surface area contributed by atoms with Crippen LogP contribution in [0.25, 0.3) is 11.0 Å². The summed E-state index contributed by atoms with van der Waals surface area (Å²) in [5.74, 6) is 0.794. The summed E-state index contributed by atoms with van der Waals surface area (Å²) in [5.41, 5.74) is 2.60. The molecule has 30 heavy (non-hydrogen) atoms. The summed E-state index contributed by atoms with van der Waals surface area (Å²) >= 11 is 0. The van der Waals surface area contributed by atoms with Gasteiger partial charge in [-0.25, -0.2) is 0 Å². The van der Waals surface area contributed by atoms with Gasteiger partial charge in [-0.1, -0.05) is 12.1 Å². The second kappa shape index (κ2) is 8.62. The van der Waals surface area contributed by atoms with Gasteiger partial charge in [0, 0.05) is 26.6 Å². The number of hydrogen-bond acceptors (Lipinski definition) is 7. The number of carbonyl (C=O) groups is 1. The molecule has 1 aromatic carbocycles. The number of anilines is 4. The van der Waals surface area contributed by atoms with Crippen LogP contribution in [0.1, 0.15) is 10.4 Å². The maximum Gasteiger partial charge on any atom is 0.253 e. The van der Waals surface area contributed by atoms with Gasteiger partial charge in [-0.3, -0.25) is 9.48 Å². The van der Waals surface area contributed by atoms with E-state index in [1.165, 1.54) is 0 Å². The van der Waals surface area contributed by atoms with E-state index < -0.39 is 0 Å². The monoisotopic (exact) mass is 406 g/mol. The number of carbonyl (C=O) groups excluding carboxylic acids is 1. The molecule has 3 heterocycles. The fourth-order valence-electron chi connectivity index (χ4n) is 3.01. The Kier molecular flexibility index (Phi) is 5.57. The SMILES string of the molecule is CNC(=O)c1ccccc1Nc1nc(Nc2cnn(CCOC)c2)nc2[nH]ccc12. The third kappa shape index (κ3) is 4.08. The van der Waals surface area contributed by atoms with Crippen LogP contribution in [0.15, 0.2) is 48.9 Å². The molecule has 154 valence electrons. The van der Waals surface area contributed by atoms with Crippen molar-refractivity contribution in [2.45, 2.75) is 6.54 Å². The molecule has 4 rings (SSSR count). The van der Waals surface area contributed by atoms with E-state index >= 15 is 0 Å². The molecule has 10 heteroatoms. The van der Waals surface area contributed by atoms with Gasteiger partial charge in [0.2, 0.25) is 5.95 Å². The molecule has 3 aromatic heterocycles. The molecular formula is C20H22N8O2. The zero-order valence-electron chi connectivity index (χ0n) is 16.6. The van der Waals surface area contributed by atoms with E-state index in [0.29, 0.717) is 41.8 Å². The van der Waals surface area contributed by atoms with Crippen LogP contribution in [-0.2, 0) is 11.3 Å². The standard InChI is InChI=1S/C20H22N8O2/c1-21-19(29)14-5-3-4-6-16(14)25-18-15-7-8-22-17(15)26-20(27-18)24-13-11-23-28(12-13)9-10-30-2/h3-8,11-12H,9-10H2,1-2H3,(H,21,29)(H3,22,24,25,26,27). The zero-order chi connectivity index (χ0) is 20.9. The lowest BCUT2D eigenvalue weighted by Gasteiger charge is -2.12. The van der Waals surface area contributed by atoms with Crippen LogP contribution in [0.3, 0.4) is 0 Å². The number of fused-ring (bicyclic) bond motifs is 1. The minimum atomic E-state index is -0.181.